The van der Waals surface area contributed by atoms with Gasteiger partial charge in [0, 0.05) is 29.6 Å². The van der Waals surface area contributed by atoms with E-state index in [9.17, 15) is 0 Å². The summed E-state index contributed by atoms with van der Waals surface area (Å²) in [4.78, 5) is 17.9. The quantitative estimate of drug-likeness (QED) is 0.718. The zero-order chi connectivity index (χ0) is 15.6. The minimum atomic E-state index is -0.0660. The average molecular weight is 290 g/mol. The van der Waals surface area contributed by atoms with Crippen molar-refractivity contribution in [3.05, 3.63) is 60.7 Å². The van der Waals surface area contributed by atoms with Crippen molar-refractivity contribution in [2.75, 3.05) is 0 Å². The van der Waals surface area contributed by atoms with Crippen LogP contribution in [0.15, 0.2) is 55.0 Å². The largest absolute Gasteiger partial charge is 0.264 e. The topological polar surface area (TPSA) is 51.6 Å². The molecule has 4 heteroatoms. The van der Waals surface area contributed by atoms with Crippen molar-refractivity contribution in [3.63, 3.8) is 0 Å². The molecule has 110 valence electrons. The summed E-state index contributed by atoms with van der Waals surface area (Å²) >= 11 is 0. The molecule has 0 aliphatic carbocycles. The second-order valence-corrected chi connectivity index (χ2v) is 6.17. The van der Waals surface area contributed by atoms with Gasteiger partial charge in [-0.2, -0.15) is 0 Å². The summed E-state index contributed by atoms with van der Waals surface area (Å²) in [5.74, 6) is 0.645. The standard InChI is InChI=1S/C18H18N4/c1-18(2,3)16-11-15(13-7-6-9-19-12-13)21-17(22-16)14-8-4-5-10-20-14/h4-12H,1-3H3. The van der Waals surface area contributed by atoms with E-state index in [1.807, 2.05) is 42.6 Å². The minimum Gasteiger partial charge on any atom is -0.264 e. The predicted octanol–water partition coefficient (Wildman–Crippen LogP) is 3.90. The highest BCUT2D eigenvalue weighted by molar-refractivity contribution is 5.62. The van der Waals surface area contributed by atoms with Crippen LogP contribution in [0, 0.1) is 0 Å². The van der Waals surface area contributed by atoms with Gasteiger partial charge in [-0.1, -0.05) is 26.8 Å². The van der Waals surface area contributed by atoms with Crippen LogP contribution in [0.2, 0.25) is 0 Å². The molecule has 0 aliphatic heterocycles. The van der Waals surface area contributed by atoms with Gasteiger partial charge in [-0.15, -0.1) is 0 Å². The first-order chi connectivity index (χ1) is 10.5. The summed E-state index contributed by atoms with van der Waals surface area (Å²) in [5.41, 5.74) is 3.55. The van der Waals surface area contributed by atoms with Crippen LogP contribution in [0.1, 0.15) is 26.5 Å². The molecule has 0 aromatic carbocycles. The summed E-state index contributed by atoms with van der Waals surface area (Å²) in [6.45, 7) is 6.43. The molecule has 0 radical (unpaired) electrons. The maximum Gasteiger partial charge on any atom is 0.178 e. The van der Waals surface area contributed by atoms with Crippen LogP contribution in [-0.4, -0.2) is 19.9 Å². The molecule has 0 saturated carbocycles. The normalized spacial score (nSPS) is 11.4. The van der Waals surface area contributed by atoms with Crippen LogP contribution in [0.3, 0.4) is 0 Å². The first kappa shape index (κ1) is 14.3. The fourth-order valence-electron chi connectivity index (χ4n) is 2.10. The monoisotopic (exact) mass is 290 g/mol. The molecule has 0 bridgehead atoms. The highest BCUT2D eigenvalue weighted by Gasteiger charge is 2.19. The first-order valence-corrected chi connectivity index (χ1v) is 7.25. The van der Waals surface area contributed by atoms with Gasteiger partial charge in [0.25, 0.3) is 0 Å². The lowest BCUT2D eigenvalue weighted by Gasteiger charge is -2.19. The summed E-state index contributed by atoms with van der Waals surface area (Å²) in [5, 5.41) is 0. The van der Waals surface area contributed by atoms with Crippen LogP contribution in [-0.2, 0) is 5.41 Å². The molecule has 3 rings (SSSR count). The lowest BCUT2D eigenvalue weighted by atomic mass is 9.91. The van der Waals surface area contributed by atoms with Gasteiger partial charge in [0.1, 0.15) is 5.69 Å². The summed E-state index contributed by atoms with van der Waals surface area (Å²) in [6.07, 6.45) is 5.33. The fraction of sp³-hybridized carbons (Fsp3) is 0.222. The van der Waals surface area contributed by atoms with E-state index in [4.69, 9.17) is 4.98 Å². The van der Waals surface area contributed by atoms with Gasteiger partial charge in [-0.3, -0.25) is 9.97 Å². The van der Waals surface area contributed by atoms with Gasteiger partial charge in [0.15, 0.2) is 5.82 Å². The third-order valence-electron chi connectivity index (χ3n) is 3.35. The van der Waals surface area contributed by atoms with Crippen molar-refractivity contribution in [1.82, 2.24) is 19.9 Å². The Kier molecular flexibility index (Phi) is 3.67. The molecule has 3 aromatic rings. The van der Waals surface area contributed by atoms with E-state index in [0.29, 0.717) is 5.82 Å². The molecule has 0 unspecified atom stereocenters. The van der Waals surface area contributed by atoms with Gasteiger partial charge in [-0.25, -0.2) is 9.97 Å². The minimum absolute atomic E-state index is 0.0660. The Bertz CT molecular complexity index is 704. The third kappa shape index (κ3) is 3.01. The Morgan fingerprint density at radius 2 is 1.73 bits per heavy atom. The van der Waals surface area contributed by atoms with Crippen LogP contribution in [0.25, 0.3) is 22.8 Å². The number of aromatic nitrogens is 4. The van der Waals surface area contributed by atoms with Gasteiger partial charge in [0.05, 0.1) is 11.4 Å². The zero-order valence-corrected chi connectivity index (χ0v) is 13.0. The van der Waals surface area contributed by atoms with Gasteiger partial charge in [0.2, 0.25) is 0 Å². The maximum absolute atomic E-state index is 4.71. The Labute approximate surface area is 130 Å². The van der Waals surface area contributed by atoms with Crippen molar-refractivity contribution in [2.24, 2.45) is 0 Å². The van der Waals surface area contributed by atoms with Gasteiger partial charge < -0.3 is 0 Å². The third-order valence-corrected chi connectivity index (χ3v) is 3.35. The second kappa shape index (κ2) is 5.64. The molecule has 0 spiro atoms. The highest BCUT2D eigenvalue weighted by Crippen LogP contribution is 2.27. The number of rotatable bonds is 2. The van der Waals surface area contributed by atoms with Crippen molar-refractivity contribution in [2.45, 2.75) is 26.2 Å². The van der Waals surface area contributed by atoms with Crippen LogP contribution < -0.4 is 0 Å². The smallest absolute Gasteiger partial charge is 0.178 e. The number of hydrogen-bond donors (Lipinski definition) is 0. The van der Waals surface area contributed by atoms with Gasteiger partial charge >= 0.3 is 0 Å². The lowest BCUT2D eigenvalue weighted by Crippen LogP contribution is -2.15. The summed E-state index contributed by atoms with van der Waals surface area (Å²) in [7, 11) is 0. The molecule has 22 heavy (non-hydrogen) atoms. The Balaban J connectivity index is 2.19. The van der Waals surface area contributed by atoms with Crippen molar-refractivity contribution < 1.29 is 0 Å². The van der Waals surface area contributed by atoms with Crippen LogP contribution in [0.4, 0.5) is 0 Å². The van der Waals surface area contributed by atoms with Crippen molar-refractivity contribution >= 4 is 0 Å². The molecule has 0 fully saturated rings. The Morgan fingerprint density at radius 3 is 2.36 bits per heavy atom. The van der Waals surface area contributed by atoms with Crippen LogP contribution >= 0.6 is 0 Å². The molecule has 4 nitrogen and oxygen atoms in total. The average Bonchev–Trinajstić information content (AvgIpc) is 2.55. The SMILES string of the molecule is CC(C)(C)c1cc(-c2cccnc2)nc(-c2ccccn2)n1. The Morgan fingerprint density at radius 1 is 0.864 bits per heavy atom. The molecule has 0 atom stereocenters. The molecule has 0 aliphatic rings. The molecule has 3 heterocycles. The van der Waals surface area contributed by atoms with Gasteiger partial charge in [-0.05, 0) is 30.3 Å². The highest BCUT2D eigenvalue weighted by atomic mass is 14.9. The summed E-state index contributed by atoms with van der Waals surface area (Å²) in [6, 6.07) is 11.7. The van der Waals surface area contributed by atoms with E-state index < -0.39 is 0 Å². The van der Waals surface area contributed by atoms with E-state index in [-0.39, 0.29) is 5.41 Å². The zero-order valence-electron chi connectivity index (χ0n) is 13.0. The van der Waals surface area contributed by atoms with E-state index in [1.54, 1.807) is 12.4 Å². The molecule has 0 N–H and O–H groups in total. The lowest BCUT2D eigenvalue weighted by molar-refractivity contribution is 0.568. The van der Waals surface area contributed by atoms with Crippen molar-refractivity contribution in [1.29, 1.82) is 0 Å². The number of pyridine rings is 2. The van der Waals surface area contributed by atoms with Crippen molar-refractivity contribution in [3.8, 4) is 22.8 Å². The molecular weight excluding hydrogens is 272 g/mol. The number of nitrogens with zero attached hydrogens (tertiary/aromatic N) is 4. The molecule has 0 amide bonds. The molecule has 0 saturated heterocycles. The first-order valence-electron chi connectivity index (χ1n) is 7.25. The van der Waals surface area contributed by atoms with E-state index in [0.717, 1.165) is 22.6 Å². The predicted molar refractivity (Wildman–Crippen MR) is 87.2 cm³/mol. The summed E-state index contributed by atoms with van der Waals surface area (Å²) < 4.78 is 0. The molecular formula is C18H18N4. The second-order valence-electron chi connectivity index (χ2n) is 6.17. The maximum atomic E-state index is 4.71. The van der Waals surface area contributed by atoms with E-state index >= 15 is 0 Å². The van der Waals surface area contributed by atoms with E-state index in [1.165, 1.54) is 0 Å². The number of hydrogen-bond acceptors (Lipinski definition) is 4. The van der Waals surface area contributed by atoms with Crippen LogP contribution in [0.5, 0.6) is 0 Å². The Hall–Kier alpha value is -2.62. The fourth-order valence-corrected chi connectivity index (χ4v) is 2.10. The van der Waals surface area contributed by atoms with E-state index in [2.05, 4.69) is 35.7 Å². The molecule has 3 aromatic heterocycles.